The minimum absolute atomic E-state index is 0.139. The molecule has 3 N–H and O–H groups in total. The number of aromatic nitrogens is 1. The number of nitrogens with one attached hydrogen (secondary N) is 1. The van der Waals surface area contributed by atoms with Crippen LogP contribution in [-0.4, -0.2) is 25.7 Å². The quantitative estimate of drug-likeness (QED) is 0.769. The summed E-state index contributed by atoms with van der Waals surface area (Å²) >= 11 is 0. The lowest BCUT2D eigenvalue weighted by atomic mass is 10.2. The van der Waals surface area contributed by atoms with Gasteiger partial charge in [0.25, 0.3) is 10.0 Å². The second kappa shape index (κ2) is 5.56. The third-order valence-corrected chi connectivity index (χ3v) is 2.54. The summed E-state index contributed by atoms with van der Waals surface area (Å²) in [7, 11) is -4.71. The number of pyridine rings is 1. The van der Waals surface area contributed by atoms with Gasteiger partial charge in [0.1, 0.15) is 5.82 Å². The third-order valence-electron chi connectivity index (χ3n) is 1.58. The maximum atomic E-state index is 12.1. The molecule has 5 nitrogen and oxygen atoms in total. The van der Waals surface area contributed by atoms with Crippen LogP contribution in [0.25, 0.3) is 0 Å². The fourth-order valence-corrected chi connectivity index (χ4v) is 1.40. The Kier molecular flexibility index (Phi) is 4.37. The second-order valence-electron chi connectivity index (χ2n) is 2.84. The van der Waals surface area contributed by atoms with E-state index in [1.165, 1.54) is 18.3 Å². The average Bonchev–Trinajstić information content (AvgIpc) is 2.26. The highest BCUT2D eigenvalue weighted by Gasteiger charge is 2.24. The maximum absolute atomic E-state index is 12.1. The Morgan fingerprint density at radius 1 is 1.53 bits per heavy atom. The van der Waals surface area contributed by atoms with E-state index < -0.39 is 15.8 Å². The summed E-state index contributed by atoms with van der Waals surface area (Å²) in [5.74, 6) is 1.44. The number of rotatable bonds is 3. The van der Waals surface area contributed by atoms with Crippen molar-refractivity contribution >= 4 is 15.8 Å². The van der Waals surface area contributed by atoms with Crippen LogP contribution in [0.5, 0.6) is 0 Å². The van der Waals surface area contributed by atoms with Gasteiger partial charge in [-0.3, -0.25) is 4.72 Å². The number of nitrogens with zero attached hydrogens (tertiary/aromatic N) is 1. The summed E-state index contributed by atoms with van der Waals surface area (Å²) in [6.45, 7) is 0.139. The SMILES string of the molecule is NCC#Cc1ccnc(NS(=O)(=O)C(F)F)c1. The molecule has 0 aliphatic carbocycles. The number of anilines is 1. The summed E-state index contributed by atoms with van der Waals surface area (Å²) in [5, 5.41) is 0. The van der Waals surface area contributed by atoms with Gasteiger partial charge in [0.05, 0.1) is 6.54 Å². The molecule has 0 unspecified atom stereocenters. The van der Waals surface area contributed by atoms with Crippen molar-refractivity contribution in [3.63, 3.8) is 0 Å². The molecule has 92 valence electrons. The molecule has 0 bridgehead atoms. The van der Waals surface area contributed by atoms with E-state index in [4.69, 9.17) is 5.73 Å². The molecule has 0 aliphatic rings. The molecule has 0 aliphatic heterocycles. The van der Waals surface area contributed by atoms with Crippen LogP contribution in [0.15, 0.2) is 18.3 Å². The van der Waals surface area contributed by atoms with Gasteiger partial charge in [0, 0.05) is 11.8 Å². The molecule has 0 fully saturated rings. The summed E-state index contributed by atoms with van der Waals surface area (Å²) in [4.78, 5) is 3.59. The molecule has 0 saturated heterocycles. The van der Waals surface area contributed by atoms with Crippen LogP contribution < -0.4 is 10.5 Å². The molecule has 1 rings (SSSR count). The standard InChI is InChI=1S/C9H9F2N3O2S/c10-9(11)17(15,16)14-8-6-7(2-1-4-12)3-5-13-8/h3,5-6,9H,4,12H2,(H,13,14). The Bertz CT molecular complexity index is 549. The summed E-state index contributed by atoms with van der Waals surface area (Å²) < 4.78 is 47.5. The van der Waals surface area contributed by atoms with Crippen LogP contribution in [0.2, 0.25) is 0 Å². The molecule has 1 aromatic rings. The van der Waals surface area contributed by atoms with Crippen molar-refractivity contribution in [1.82, 2.24) is 4.98 Å². The van der Waals surface area contributed by atoms with Crippen molar-refractivity contribution in [3.05, 3.63) is 23.9 Å². The molecule has 17 heavy (non-hydrogen) atoms. The van der Waals surface area contributed by atoms with Gasteiger partial charge >= 0.3 is 5.76 Å². The van der Waals surface area contributed by atoms with E-state index >= 15 is 0 Å². The van der Waals surface area contributed by atoms with Gasteiger partial charge < -0.3 is 5.73 Å². The average molecular weight is 261 g/mol. The van der Waals surface area contributed by atoms with Gasteiger partial charge in [0.15, 0.2) is 0 Å². The Labute approximate surface area is 97.1 Å². The molecule has 1 aromatic heterocycles. The highest BCUT2D eigenvalue weighted by molar-refractivity contribution is 7.92. The van der Waals surface area contributed by atoms with Gasteiger partial charge in [-0.25, -0.2) is 13.4 Å². The second-order valence-corrected chi connectivity index (χ2v) is 4.49. The number of hydrogen-bond acceptors (Lipinski definition) is 4. The van der Waals surface area contributed by atoms with E-state index in [0.29, 0.717) is 5.56 Å². The molecule has 1 heterocycles. The van der Waals surface area contributed by atoms with Gasteiger partial charge in [-0.15, -0.1) is 0 Å². The molecule has 0 spiro atoms. The maximum Gasteiger partial charge on any atom is 0.355 e. The zero-order valence-electron chi connectivity index (χ0n) is 8.52. The lowest BCUT2D eigenvalue weighted by molar-refractivity contribution is 0.236. The predicted octanol–water partition coefficient (Wildman–Crippen LogP) is 0.356. The molecular weight excluding hydrogens is 252 g/mol. The van der Waals surface area contributed by atoms with Gasteiger partial charge in [0.2, 0.25) is 0 Å². The van der Waals surface area contributed by atoms with Crippen molar-refractivity contribution in [1.29, 1.82) is 0 Å². The molecule has 8 heteroatoms. The van der Waals surface area contributed by atoms with Gasteiger partial charge in [-0.2, -0.15) is 8.78 Å². The van der Waals surface area contributed by atoms with E-state index in [2.05, 4.69) is 16.8 Å². The number of nitrogens with two attached hydrogens (primary N) is 1. The van der Waals surface area contributed by atoms with Crippen LogP contribution in [0.1, 0.15) is 5.56 Å². The third kappa shape index (κ3) is 3.97. The fourth-order valence-electron chi connectivity index (χ4n) is 0.907. The summed E-state index contributed by atoms with van der Waals surface area (Å²) in [6, 6.07) is 2.74. The number of alkyl halides is 2. The lowest BCUT2D eigenvalue weighted by Crippen LogP contribution is -2.21. The largest absolute Gasteiger partial charge is 0.355 e. The summed E-state index contributed by atoms with van der Waals surface area (Å²) in [5.41, 5.74) is 5.58. The van der Waals surface area contributed by atoms with Crippen LogP contribution in [0.4, 0.5) is 14.6 Å². The van der Waals surface area contributed by atoms with Gasteiger partial charge in [-0.05, 0) is 12.1 Å². The molecule has 0 radical (unpaired) electrons. The van der Waals surface area contributed by atoms with Crippen molar-refractivity contribution in [2.45, 2.75) is 5.76 Å². The zero-order chi connectivity index (χ0) is 12.9. The normalized spacial score (nSPS) is 10.8. The molecule has 0 atom stereocenters. The molecular formula is C9H9F2N3O2S. The Hall–Kier alpha value is -1.72. The first kappa shape index (κ1) is 13.3. The minimum atomic E-state index is -4.71. The van der Waals surface area contributed by atoms with Crippen LogP contribution in [0.3, 0.4) is 0 Å². The molecule has 0 aromatic carbocycles. The van der Waals surface area contributed by atoms with Crippen LogP contribution in [-0.2, 0) is 10.0 Å². The van der Waals surface area contributed by atoms with Crippen molar-refractivity contribution < 1.29 is 17.2 Å². The first-order chi connectivity index (χ1) is 7.95. The van der Waals surface area contributed by atoms with Crippen LogP contribution >= 0.6 is 0 Å². The van der Waals surface area contributed by atoms with E-state index in [-0.39, 0.29) is 12.4 Å². The van der Waals surface area contributed by atoms with Gasteiger partial charge in [-0.1, -0.05) is 11.8 Å². The topological polar surface area (TPSA) is 85.1 Å². The Balaban J connectivity index is 2.94. The minimum Gasteiger partial charge on any atom is -0.320 e. The lowest BCUT2D eigenvalue weighted by Gasteiger charge is -2.05. The monoisotopic (exact) mass is 261 g/mol. The first-order valence-electron chi connectivity index (χ1n) is 4.40. The Morgan fingerprint density at radius 2 is 2.24 bits per heavy atom. The number of halogens is 2. The zero-order valence-corrected chi connectivity index (χ0v) is 9.34. The highest BCUT2D eigenvalue weighted by atomic mass is 32.2. The van der Waals surface area contributed by atoms with Crippen molar-refractivity contribution in [2.24, 2.45) is 5.73 Å². The Morgan fingerprint density at radius 3 is 2.82 bits per heavy atom. The van der Waals surface area contributed by atoms with Crippen molar-refractivity contribution in [2.75, 3.05) is 11.3 Å². The van der Waals surface area contributed by atoms with E-state index in [1.54, 1.807) is 4.72 Å². The first-order valence-corrected chi connectivity index (χ1v) is 5.95. The smallest absolute Gasteiger partial charge is 0.320 e. The van der Waals surface area contributed by atoms with E-state index in [9.17, 15) is 17.2 Å². The predicted molar refractivity (Wildman–Crippen MR) is 58.7 cm³/mol. The van der Waals surface area contributed by atoms with E-state index in [1.807, 2.05) is 0 Å². The number of hydrogen-bond donors (Lipinski definition) is 2. The molecule has 0 saturated carbocycles. The van der Waals surface area contributed by atoms with Crippen molar-refractivity contribution in [3.8, 4) is 11.8 Å². The summed E-state index contributed by atoms with van der Waals surface area (Å²) in [6.07, 6.45) is 1.25. The molecule has 0 amide bonds. The van der Waals surface area contributed by atoms with E-state index in [0.717, 1.165) is 0 Å². The van der Waals surface area contributed by atoms with Crippen LogP contribution in [0, 0.1) is 11.8 Å². The fraction of sp³-hybridized carbons (Fsp3) is 0.222. The number of sulfonamides is 1. The highest BCUT2D eigenvalue weighted by Crippen LogP contribution is 2.12.